The van der Waals surface area contributed by atoms with E-state index < -0.39 is 6.04 Å². The van der Waals surface area contributed by atoms with E-state index in [-0.39, 0.29) is 11.9 Å². The Morgan fingerprint density at radius 3 is 2.40 bits per heavy atom. The molecule has 0 saturated carbocycles. The molecule has 0 heterocycles. The van der Waals surface area contributed by atoms with Crippen molar-refractivity contribution in [2.45, 2.75) is 39.3 Å². The van der Waals surface area contributed by atoms with Crippen LogP contribution in [0.1, 0.15) is 27.2 Å². The average molecular weight is 144 g/mol. The van der Waals surface area contributed by atoms with Gasteiger partial charge >= 0.3 is 0 Å². The molecule has 0 fully saturated rings. The summed E-state index contributed by atoms with van der Waals surface area (Å²) >= 11 is 0. The van der Waals surface area contributed by atoms with Crippen LogP contribution in [0.25, 0.3) is 0 Å². The standard InChI is InChI=1S/C7H16N2O/c1-4-5(2)9-7(10)6(3)8/h5-6H,4,8H2,1-3H3,(H,9,10)/t5?,6-/m1/s1. The molecular weight excluding hydrogens is 128 g/mol. The molecule has 0 aliphatic heterocycles. The van der Waals surface area contributed by atoms with E-state index in [1.165, 1.54) is 0 Å². The Labute approximate surface area is 62.0 Å². The molecule has 0 aromatic heterocycles. The van der Waals surface area contributed by atoms with Crippen LogP contribution in [-0.2, 0) is 4.79 Å². The molecule has 3 heteroatoms. The first kappa shape index (κ1) is 9.43. The molecule has 0 bridgehead atoms. The maximum absolute atomic E-state index is 10.9. The van der Waals surface area contributed by atoms with E-state index in [4.69, 9.17) is 5.73 Å². The maximum atomic E-state index is 10.9. The first-order valence-corrected chi connectivity index (χ1v) is 3.63. The monoisotopic (exact) mass is 144 g/mol. The molecule has 0 spiro atoms. The molecule has 0 aliphatic carbocycles. The normalized spacial score (nSPS) is 16.0. The molecule has 0 radical (unpaired) electrons. The number of rotatable bonds is 3. The van der Waals surface area contributed by atoms with Gasteiger partial charge in [-0.05, 0) is 20.3 Å². The van der Waals surface area contributed by atoms with Crippen LogP contribution in [0.15, 0.2) is 0 Å². The minimum absolute atomic E-state index is 0.0747. The molecular formula is C7H16N2O. The van der Waals surface area contributed by atoms with Crippen molar-refractivity contribution in [2.24, 2.45) is 5.73 Å². The highest BCUT2D eigenvalue weighted by Gasteiger charge is 2.08. The van der Waals surface area contributed by atoms with E-state index in [0.717, 1.165) is 6.42 Å². The lowest BCUT2D eigenvalue weighted by molar-refractivity contribution is -0.122. The van der Waals surface area contributed by atoms with Crippen LogP contribution in [0.5, 0.6) is 0 Å². The fourth-order valence-corrected chi connectivity index (χ4v) is 0.476. The highest BCUT2D eigenvalue weighted by Crippen LogP contribution is 1.87. The molecule has 0 aromatic rings. The number of hydrogen-bond acceptors (Lipinski definition) is 2. The Kier molecular flexibility index (Phi) is 4.03. The second-order valence-corrected chi connectivity index (χ2v) is 2.61. The second kappa shape index (κ2) is 4.28. The SMILES string of the molecule is CCC(C)NC(=O)[C@@H](C)N. The zero-order valence-electron chi connectivity index (χ0n) is 6.85. The Hall–Kier alpha value is -0.570. The number of nitrogens with two attached hydrogens (primary N) is 1. The summed E-state index contributed by atoms with van der Waals surface area (Å²) in [6.07, 6.45) is 0.943. The topological polar surface area (TPSA) is 55.1 Å². The lowest BCUT2D eigenvalue weighted by Crippen LogP contribution is -2.42. The molecule has 60 valence electrons. The predicted molar refractivity (Wildman–Crippen MR) is 41.5 cm³/mol. The zero-order chi connectivity index (χ0) is 8.15. The van der Waals surface area contributed by atoms with Crippen molar-refractivity contribution >= 4 is 5.91 Å². The van der Waals surface area contributed by atoms with Gasteiger partial charge in [-0.2, -0.15) is 0 Å². The van der Waals surface area contributed by atoms with Crippen molar-refractivity contribution in [3.8, 4) is 0 Å². The van der Waals surface area contributed by atoms with Crippen molar-refractivity contribution < 1.29 is 4.79 Å². The third kappa shape index (κ3) is 3.45. The van der Waals surface area contributed by atoms with Gasteiger partial charge in [-0.3, -0.25) is 4.79 Å². The highest BCUT2D eigenvalue weighted by atomic mass is 16.2. The summed E-state index contributed by atoms with van der Waals surface area (Å²) in [5.41, 5.74) is 5.33. The summed E-state index contributed by atoms with van der Waals surface area (Å²) in [6.45, 7) is 5.66. The number of carbonyl (C=O) groups excluding carboxylic acids is 1. The van der Waals surface area contributed by atoms with E-state index in [0.29, 0.717) is 0 Å². The van der Waals surface area contributed by atoms with Gasteiger partial charge in [0.2, 0.25) is 5.91 Å². The largest absolute Gasteiger partial charge is 0.352 e. The minimum Gasteiger partial charge on any atom is -0.352 e. The molecule has 0 saturated heterocycles. The lowest BCUT2D eigenvalue weighted by Gasteiger charge is -2.12. The molecule has 1 amide bonds. The summed E-state index contributed by atoms with van der Waals surface area (Å²) in [5.74, 6) is -0.0747. The van der Waals surface area contributed by atoms with Crippen LogP contribution >= 0.6 is 0 Å². The van der Waals surface area contributed by atoms with Crippen LogP contribution in [0.4, 0.5) is 0 Å². The summed E-state index contributed by atoms with van der Waals surface area (Å²) in [4.78, 5) is 10.9. The van der Waals surface area contributed by atoms with E-state index in [1.54, 1.807) is 6.92 Å². The van der Waals surface area contributed by atoms with Crippen LogP contribution in [0, 0.1) is 0 Å². The van der Waals surface area contributed by atoms with Crippen molar-refractivity contribution in [2.75, 3.05) is 0 Å². The van der Waals surface area contributed by atoms with Gasteiger partial charge in [0.05, 0.1) is 6.04 Å². The minimum atomic E-state index is -0.394. The third-order valence-corrected chi connectivity index (χ3v) is 1.41. The number of amides is 1. The van der Waals surface area contributed by atoms with Crippen molar-refractivity contribution in [1.82, 2.24) is 5.32 Å². The average Bonchev–Trinajstić information content (AvgIpc) is 1.87. The molecule has 3 nitrogen and oxygen atoms in total. The molecule has 0 aromatic carbocycles. The number of nitrogens with one attached hydrogen (secondary N) is 1. The van der Waals surface area contributed by atoms with E-state index in [2.05, 4.69) is 5.32 Å². The summed E-state index contributed by atoms with van der Waals surface area (Å²) in [7, 11) is 0. The Morgan fingerprint density at radius 2 is 2.10 bits per heavy atom. The Balaban J connectivity index is 3.57. The van der Waals surface area contributed by atoms with Gasteiger partial charge in [-0.1, -0.05) is 6.92 Å². The molecule has 3 N–H and O–H groups in total. The van der Waals surface area contributed by atoms with Gasteiger partial charge in [-0.25, -0.2) is 0 Å². The summed E-state index contributed by atoms with van der Waals surface area (Å²) in [6, 6.07) is -0.160. The molecule has 0 rings (SSSR count). The molecule has 2 atom stereocenters. The van der Waals surface area contributed by atoms with Gasteiger partial charge in [0.25, 0.3) is 0 Å². The summed E-state index contributed by atoms with van der Waals surface area (Å²) < 4.78 is 0. The Bertz CT molecular complexity index is 112. The van der Waals surface area contributed by atoms with Crippen molar-refractivity contribution in [3.63, 3.8) is 0 Å². The van der Waals surface area contributed by atoms with Crippen LogP contribution in [0.2, 0.25) is 0 Å². The van der Waals surface area contributed by atoms with E-state index in [9.17, 15) is 4.79 Å². The van der Waals surface area contributed by atoms with Crippen LogP contribution < -0.4 is 11.1 Å². The van der Waals surface area contributed by atoms with Crippen molar-refractivity contribution in [1.29, 1.82) is 0 Å². The van der Waals surface area contributed by atoms with Crippen molar-refractivity contribution in [3.05, 3.63) is 0 Å². The maximum Gasteiger partial charge on any atom is 0.236 e. The quantitative estimate of drug-likeness (QED) is 0.596. The van der Waals surface area contributed by atoms with Gasteiger partial charge < -0.3 is 11.1 Å². The third-order valence-electron chi connectivity index (χ3n) is 1.41. The molecule has 0 aliphatic rings. The van der Waals surface area contributed by atoms with Crippen LogP contribution in [-0.4, -0.2) is 18.0 Å². The van der Waals surface area contributed by atoms with Gasteiger partial charge in [0.1, 0.15) is 0 Å². The predicted octanol–water partition coefficient (Wildman–Crippen LogP) is 0.248. The smallest absolute Gasteiger partial charge is 0.236 e. The number of hydrogen-bond donors (Lipinski definition) is 2. The van der Waals surface area contributed by atoms with Gasteiger partial charge in [0, 0.05) is 6.04 Å². The fourth-order valence-electron chi connectivity index (χ4n) is 0.476. The second-order valence-electron chi connectivity index (χ2n) is 2.61. The van der Waals surface area contributed by atoms with E-state index in [1.807, 2.05) is 13.8 Å². The fraction of sp³-hybridized carbons (Fsp3) is 0.857. The number of carbonyl (C=O) groups is 1. The molecule has 10 heavy (non-hydrogen) atoms. The van der Waals surface area contributed by atoms with Gasteiger partial charge in [-0.15, -0.1) is 0 Å². The first-order valence-electron chi connectivity index (χ1n) is 3.63. The van der Waals surface area contributed by atoms with Crippen LogP contribution in [0.3, 0.4) is 0 Å². The summed E-state index contributed by atoms with van der Waals surface area (Å²) in [5, 5.41) is 2.77. The van der Waals surface area contributed by atoms with E-state index >= 15 is 0 Å². The highest BCUT2D eigenvalue weighted by molar-refractivity contribution is 5.81. The zero-order valence-corrected chi connectivity index (χ0v) is 6.85. The Morgan fingerprint density at radius 1 is 1.60 bits per heavy atom. The molecule has 1 unspecified atom stereocenters. The first-order chi connectivity index (χ1) is 4.57. The van der Waals surface area contributed by atoms with Gasteiger partial charge in [0.15, 0.2) is 0 Å². The lowest BCUT2D eigenvalue weighted by atomic mass is 10.2.